The number of methoxy groups -OCH3 is 4. The fourth-order valence-electron chi connectivity index (χ4n) is 2.88. The lowest BCUT2D eigenvalue weighted by molar-refractivity contribution is -0.385. The number of carbonyl (C=O) groups is 3. The number of rotatable bonds is 8. The summed E-state index contributed by atoms with van der Waals surface area (Å²) in [6.45, 7) is 0. The molecule has 32 heavy (non-hydrogen) atoms. The molecular weight excluding hydrogens is 432 g/mol. The van der Waals surface area contributed by atoms with Crippen LogP contribution in [0.4, 0.5) is 11.4 Å². The van der Waals surface area contributed by atoms with Crippen LogP contribution in [0.1, 0.15) is 36.6 Å². The van der Waals surface area contributed by atoms with E-state index in [9.17, 15) is 34.6 Å². The molecule has 0 aliphatic carbocycles. The molecule has 2 aromatic rings. The Morgan fingerprint density at radius 3 is 1.22 bits per heavy atom. The number of nitro groups is 2. The van der Waals surface area contributed by atoms with Gasteiger partial charge in [0.1, 0.15) is 22.6 Å². The molecule has 0 aliphatic heterocycles. The van der Waals surface area contributed by atoms with E-state index in [1.54, 1.807) is 0 Å². The van der Waals surface area contributed by atoms with Gasteiger partial charge in [-0.15, -0.1) is 0 Å². The third-order valence-electron chi connectivity index (χ3n) is 4.28. The van der Waals surface area contributed by atoms with Crippen LogP contribution in [-0.4, -0.2) is 56.0 Å². The maximum Gasteiger partial charge on any atom is 0.341 e. The Bertz CT molecular complexity index is 1050. The average Bonchev–Trinajstić information content (AvgIpc) is 2.80. The van der Waals surface area contributed by atoms with E-state index in [0.717, 1.165) is 52.7 Å². The zero-order valence-corrected chi connectivity index (χ0v) is 17.2. The molecule has 0 spiro atoms. The van der Waals surface area contributed by atoms with Crippen molar-refractivity contribution in [2.45, 2.75) is 0 Å². The zero-order valence-electron chi connectivity index (χ0n) is 17.2. The van der Waals surface area contributed by atoms with Gasteiger partial charge in [-0.2, -0.15) is 0 Å². The Balaban J connectivity index is 2.92. The third-order valence-corrected chi connectivity index (χ3v) is 4.28. The van der Waals surface area contributed by atoms with Gasteiger partial charge in [0, 0.05) is 24.3 Å². The van der Waals surface area contributed by atoms with E-state index in [4.69, 9.17) is 9.47 Å². The highest BCUT2D eigenvalue weighted by Gasteiger charge is 2.31. The van der Waals surface area contributed by atoms with Gasteiger partial charge in [0.2, 0.25) is 5.78 Å². The van der Waals surface area contributed by atoms with Crippen molar-refractivity contribution in [3.8, 4) is 11.5 Å². The van der Waals surface area contributed by atoms with E-state index in [-0.39, 0.29) is 11.5 Å². The summed E-state index contributed by atoms with van der Waals surface area (Å²) in [5.41, 5.74) is -3.12. The quantitative estimate of drug-likeness (QED) is 0.251. The van der Waals surface area contributed by atoms with Crippen LogP contribution in [0.25, 0.3) is 0 Å². The minimum Gasteiger partial charge on any atom is -0.495 e. The van der Waals surface area contributed by atoms with E-state index in [1.807, 2.05) is 0 Å². The first-order chi connectivity index (χ1) is 15.1. The van der Waals surface area contributed by atoms with Crippen LogP contribution in [-0.2, 0) is 9.47 Å². The molecule has 0 heterocycles. The molecule has 0 radical (unpaired) electrons. The minimum absolute atomic E-state index is 0.374. The van der Waals surface area contributed by atoms with Gasteiger partial charge in [0.25, 0.3) is 11.4 Å². The lowest BCUT2D eigenvalue weighted by Crippen LogP contribution is -2.14. The van der Waals surface area contributed by atoms with Crippen LogP contribution in [0.2, 0.25) is 0 Å². The predicted molar refractivity (Wildman–Crippen MR) is 105 cm³/mol. The van der Waals surface area contributed by atoms with Crippen molar-refractivity contribution in [1.82, 2.24) is 0 Å². The number of nitrogens with zero attached hydrogens (tertiary/aromatic N) is 2. The Labute approximate surface area is 179 Å². The predicted octanol–water partition coefficient (Wildman–Crippen LogP) is 2.32. The van der Waals surface area contributed by atoms with Crippen LogP contribution in [0.5, 0.6) is 11.5 Å². The topological polar surface area (TPSA) is 174 Å². The van der Waals surface area contributed by atoms with Gasteiger partial charge in [0.05, 0.1) is 49.4 Å². The van der Waals surface area contributed by atoms with Gasteiger partial charge in [-0.1, -0.05) is 0 Å². The summed E-state index contributed by atoms with van der Waals surface area (Å²) in [5.74, 6) is -3.86. The van der Waals surface area contributed by atoms with Crippen molar-refractivity contribution < 1.29 is 43.2 Å². The number of non-ortho nitro benzene ring substituents is 2. The van der Waals surface area contributed by atoms with E-state index >= 15 is 0 Å². The van der Waals surface area contributed by atoms with Gasteiger partial charge in [0.15, 0.2) is 0 Å². The summed E-state index contributed by atoms with van der Waals surface area (Å²) in [4.78, 5) is 58.6. The van der Waals surface area contributed by atoms with Gasteiger partial charge >= 0.3 is 11.9 Å². The first-order valence-corrected chi connectivity index (χ1v) is 8.55. The maximum absolute atomic E-state index is 13.4. The number of nitro benzene ring substituents is 2. The van der Waals surface area contributed by atoms with E-state index < -0.39 is 61.2 Å². The molecular formula is C19H16N2O11. The van der Waals surface area contributed by atoms with Crippen molar-refractivity contribution in [3.63, 3.8) is 0 Å². The molecule has 0 saturated heterocycles. The molecule has 0 saturated carbocycles. The summed E-state index contributed by atoms with van der Waals surface area (Å²) < 4.78 is 19.4. The van der Waals surface area contributed by atoms with Crippen molar-refractivity contribution in [2.24, 2.45) is 0 Å². The molecule has 0 N–H and O–H groups in total. The van der Waals surface area contributed by atoms with Gasteiger partial charge < -0.3 is 18.9 Å². The normalized spacial score (nSPS) is 10.1. The lowest BCUT2D eigenvalue weighted by atomic mass is 9.96. The molecule has 13 nitrogen and oxygen atoms in total. The summed E-state index contributed by atoms with van der Waals surface area (Å²) in [7, 11) is 4.26. The Morgan fingerprint density at radius 2 is 0.969 bits per heavy atom. The molecule has 0 bridgehead atoms. The second-order valence-corrected chi connectivity index (χ2v) is 5.97. The standard InChI is InChI=1S/C19H16N2O11/c1-29-16-11(5-9(20(25)26)7-13(16)18(23)31-3)15(22)12-6-10(21(27)28)8-14(17(12)30-2)19(24)32-4/h5-8H,1-4H3. The Morgan fingerprint density at radius 1 is 0.656 bits per heavy atom. The molecule has 0 unspecified atom stereocenters. The second kappa shape index (κ2) is 9.51. The molecule has 0 atom stereocenters. The molecule has 0 aromatic heterocycles. The Kier molecular flexibility index (Phi) is 7.05. The fourth-order valence-corrected chi connectivity index (χ4v) is 2.88. The monoisotopic (exact) mass is 448 g/mol. The second-order valence-electron chi connectivity index (χ2n) is 5.97. The number of ketones is 1. The van der Waals surface area contributed by atoms with E-state index in [0.29, 0.717) is 0 Å². The van der Waals surface area contributed by atoms with Crippen molar-refractivity contribution in [2.75, 3.05) is 28.4 Å². The first kappa shape index (κ1) is 23.7. The summed E-state index contributed by atoms with van der Waals surface area (Å²) in [5, 5.41) is 22.7. The van der Waals surface area contributed by atoms with Crippen LogP contribution in [0.15, 0.2) is 24.3 Å². The van der Waals surface area contributed by atoms with Crippen LogP contribution >= 0.6 is 0 Å². The number of hydrogen-bond acceptors (Lipinski definition) is 11. The zero-order chi connectivity index (χ0) is 24.2. The number of esters is 2. The fraction of sp³-hybridized carbons (Fsp3) is 0.211. The third kappa shape index (κ3) is 4.30. The highest BCUT2D eigenvalue weighted by Crippen LogP contribution is 2.36. The van der Waals surface area contributed by atoms with Crippen LogP contribution < -0.4 is 9.47 Å². The highest BCUT2D eigenvalue weighted by molar-refractivity contribution is 6.16. The summed E-state index contributed by atoms with van der Waals surface area (Å²) in [6, 6.07) is 3.35. The molecule has 168 valence electrons. The summed E-state index contributed by atoms with van der Waals surface area (Å²) >= 11 is 0. The highest BCUT2D eigenvalue weighted by atomic mass is 16.6. The SMILES string of the molecule is COC(=O)c1cc([N+](=O)[O-])cc(C(=O)c2cc([N+](=O)[O-])cc(C(=O)OC)c2OC)c1OC. The minimum atomic E-state index is -1.05. The van der Waals surface area contributed by atoms with Crippen LogP contribution in [0, 0.1) is 20.2 Å². The lowest BCUT2D eigenvalue weighted by Gasteiger charge is -2.15. The van der Waals surface area contributed by atoms with Gasteiger partial charge in [-0.05, 0) is 0 Å². The molecule has 2 aromatic carbocycles. The smallest absolute Gasteiger partial charge is 0.341 e. The molecule has 13 heteroatoms. The average molecular weight is 448 g/mol. The van der Waals surface area contributed by atoms with Gasteiger partial charge in [-0.3, -0.25) is 25.0 Å². The number of ether oxygens (including phenoxy) is 4. The molecule has 0 fully saturated rings. The molecule has 0 aliphatic rings. The van der Waals surface area contributed by atoms with E-state index in [1.165, 1.54) is 0 Å². The summed E-state index contributed by atoms with van der Waals surface area (Å²) in [6.07, 6.45) is 0. The van der Waals surface area contributed by atoms with Gasteiger partial charge in [-0.25, -0.2) is 9.59 Å². The Hall–Kier alpha value is -4.55. The number of hydrogen-bond donors (Lipinski definition) is 0. The maximum atomic E-state index is 13.4. The largest absolute Gasteiger partial charge is 0.495 e. The van der Waals surface area contributed by atoms with E-state index in [2.05, 4.69) is 9.47 Å². The first-order valence-electron chi connectivity index (χ1n) is 8.55. The van der Waals surface area contributed by atoms with Crippen molar-refractivity contribution in [1.29, 1.82) is 0 Å². The van der Waals surface area contributed by atoms with Crippen LogP contribution in [0.3, 0.4) is 0 Å². The van der Waals surface area contributed by atoms with Crippen molar-refractivity contribution in [3.05, 3.63) is 66.7 Å². The number of benzene rings is 2. The number of carbonyl (C=O) groups excluding carboxylic acids is 3. The molecule has 2 rings (SSSR count). The molecule has 0 amide bonds. The van der Waals surface area contributed by atoms with Crippen molar-refractivity contribution >= 4 is 29.1 Å².